The predicted octanol–water partition coefficient (Wildman–Crippen LogP) is 10.2. The van der Waals surface area contributed by atoms with E-state index >= 15 is 0 Å². The number of fused-ring (bicyclic) bond motifs is 6. The number of hydrogen-bond acceptors (Lipinski definition) is 0. The highest BCUT2D eigenvalue weighted by atomic mass is 15.0. The molecule has 2 nitrogen and oxygen atoms in total. The summed E-state index contributed by atoms with van der Waals surface area (Å²) in [6, 6.07) is 48.7. The van der Waals surface area contributed by atoms with Crippen LogP contribution in [0.3, 0.4) is 0 Å². The zero-order chi connectivity index (χ0) is 26.8. The molecule has 190 valence electrons. The van der Waals surface area contributed by atoms with Gasteiger partial charge in [-0.1, -0.05) is 96.1 Å². The van der Waals surface area contributed by atoms with Crippen molar-refractivity contribution < 1.29 is 0 Å². The lowest BCUT2D eigenvalue weighted by molar-refractivity contribution is 1.16. The van der Waals surface area contributed by atoms with Crippen LogP contribution in [0.15, 0.2) is 133 Å². The molecular formula is C38H28N2. The molecule has 0 saturated carbocycles. The SMILES string of the molecule is Cc1ccc2c(c1)c1cc(C)ccc1n2-c1ccccc1-c1ccccc1-n1c2ccccc2c2ccccc21. The van der Waals surface area contributed by atoms with Gasteiger partial charge in [-0.2, -0.15) is 0 Å². The second-order valence-electron chi connectivity index (χ2n) is 10.8. The second-order valence-corrected chi connectivity index (χ2v) is 10.8. The lowest BCUT2D eigenvalue weighted by Gasteiger charge is -2.18. The molecule has 2 aromatic heterocycles. The summed E-state index contributed by atoms with van der Waals surface area (Å²) < 4.78 is 4.87. The molecule has 0 fully saturated rings. The minimum Gasteiger partial charge on any atom is -0.309 e. The first-order valence-corrected chi connectivity index (χ1v) is 13.9. The lowest BCUT2D eigenvalue weighted by atomic mass is 10.0. The maximum absolute atomic E-state index is 2.45. The van der Waals surface area contributed by atoms with Crippen molar-refractivity contribution in [2.75, 3.05) is 0 Å². The molecule has 0 bridgehead atoms. The van der Waals surface area contributed by atoms with Gasteiger partial charge in [0, 0.05) is 32.7 Å². The summed E-state index contributed by atoms with van der Waals surface area (Å²) in [6.07, 6.45) is 0. The molecule has 0 spiro atoms. The Bertz CT molecular complexity index is 2130. The average Bonchev–Trinajstić information content (AvgIpc) is 3.49. The largest absolute Gasteiger partial charge is 0.309 e. The Hall–Kier alpha value is -5.08. The monoisotopic (exact) mass is 512 g/mol. The average molecular weight is 513 g/mol. The summed E-state index contributed by atoms with van der Waals surface area (Å²) in [5, 5.41) is 5.14. The third-order valence-electron chi connectivity index (χ3n) is 8.24. The predicted molar refractivity (Wildman–Crippen MR) is 170 cm³/mol. The summed E-state index contributed by atoms with van der Waals surface area (Å²) in [7, 11) is 0. The van der Waals surface area contributed by atoms with Crippen LogP contribution >= 0.6 is 0 Å². The molecular weight excluding hydrogens is 484 g/mol. The van der Waals surface area contributed by atoms with Crippen LogP contribution in [0.1, 0.15) is 11.1 Å². The molecule has 0 amide bonds. The molecule has 2 heteroatoms. The summed E-state index contributed by atoms with van der Waals surface area (Å²) in [5.41, 5.74) is 12.2. The maximum Gasteiger partial charge on any atom is 0.0541 e. The van der Waals surface area contributed by atoms with E-state index in [1.54, 1.807) is 0 Å². The van der Waals surface area contributed by atoms with Crippen molar-refractivity contribution in [3.63, 3.8) is 0 Å². The number of nitrogens with zero attached hydrogens (tertiary/aromatic N) is 2. The van der Waals surface area contributed by atoms with Gasteiger partial charge in [-0.25, -0.2) is 0 Å². The molecule has 8 rings (SSSR count). The number of para-hydroxylation sites is 4. The highest BCUT2D eigenvalue weighted by Gasteiger charge is 2.19. The van der Waals surface area contributed by atoms with Gasteiger partial charge in [0.1, 0.15) is 0 Å². The van der Waals surface area contributed by atoms with Crippen LogP contribution in [0.25, 0.3) is 66.1 Å². The Morgan fingerprint density at radius 1 is 0.350 bits per heavy atom. The van der Waals surface area contributed by atoms with Gasteiger partial charge in [0.25, 0.3) is 0 Å². The molecule has 0 aliphatic carbocycles. The molecule has 0 aliphatic rings. The van der Waals surface area contributed by atoms with Crippen LogP contribution in [0.2, 0.25) is 0 Å². The molecule has 0 aliphatic heterocycles. The Morgan fingerprint density at radius 2 is 0.725 bits per heavy atom. The molecule has 6 aromatic carbocycles. The first-order chi connectivity index (χ1) is 19.7. The topological polar surface area (TPSA) is 9.86 Å². The Kier molecular flexibility index (Phi) is 4.99. The molecule has 0 saturated heterocycles. The van der Waals surface area contributed by atoms with E-state index in [1.807, 2.05) is 0 Å². The van der Waals surface area contributed by atoms with Crippen molar-refractivity contribution in [3.8, 4) is 22.5 Å². The first-order valence-electron chi connectivity index (χ1n) is 13.9. The summed E-state index contributed by atoms with van der Waals surface area (Å²) in [6.45, 7) is 4.35. The van der Waals surface area contributed by atoms with Crippen LogP contribution < -0.4 is 0 Å². The summed E-state index contributed by atoms with van der Waals surface area (Å²) in [5.74, 6) is 0. The number of rotatable bonds is 3. The number of aromatic nitrogens is 2. The van der Waals surface area contributed by atoms with E-state index in [0.717, 1.165) is 0 Å². The van der Waals surface area contributed by atoms with E-state index < -0.39 is 0 Å². The van der Waals surface area contributed by atoms with Crippen LogP contribution in [0.4, 0.5) is 0 Å². The van der Waals surface area contributed by atoms with Crippen molar-refractivity contribution >= 4 is 43.6 Å². The minimum atomic E-state index is 1.18. The van der Waals surface area contributed by atoms with Crippen molar-refractivity contribution in [2.45, 2.75) is 13.8 Å². The number of benzene rings is 6. The van der Waals surface area contributed by atoms with E-state index in [2.05, 4.69) is 156 Å². The molecule has 0 N–H and O–H groups in total. The standard InChI is InChI=1S/C38H28N2/c1-25-19-21-37-31(23-25)32-24-26(2)20-22-38(32)40(37)36-18-10-6-14-30(36)29-13-5-9-17-35(29)39-33-15-7-3-11-27(33)28-12-4-8-16-34(28)39/h3-24H,1-2H3. The van der Waals surface area contributed by atoms with Gasteiger partial charge in [0.05, 0.1) is 33.4 Å². The Morgan fingerprint density at radius 3 is 1.20 bits per heavy atom. The zero-order valence-electron chi connectivity index (χ0n) is 22.6. The molecule has 8 aromatic rings. The highest BCUT2D eigenvalue weighted by molar-refractivity contribution is 6.11. The summed E-state index contributed by atoms with van der Waals surface area (Å²) >= 11 is 0. The van der Waals surface area contributed by atoms with Gasteiger partial charge in [-0.05, 0) is 62.4 Å². The molecule has 0 atom stereocenters. The lowest BCUT2D eigenvalue weighted by Crippen LogP contribution is -2.01. The molecule has 40 heavy (non-hydrogen) atoms. The van der Waals surface area contributed by atoms with Crippen LogP contribution in [0.5, 0.6) is 0 Å². The minimum absolute atomic E-state index is 1.18. The van der Waals surface area contributed by atoms with E-state index in [-0.39, 0.29) is 0 Å². The number of hydrogen-bond donors (Lipinski definition) is 0. The van der Waals surface area contributed by atoms with E-state index in [0.29, 0.717) is 0 Å². The smallest absolute Gasteiger partial charge is 0.0541 e. The normalized spacial score (nSPS) is 11.8. The van der Waals surface area contributed by atoms with Crippen LogP contribution in [-0.4, -0.2) is 9.13 Å². The van der Waals surface area contributed by atoms with Crippen molar-refractivity contribution in [1.29, 1.82) is 0 Å². The zero-order valence-corrected chi connectivity index (χ0v) is 22.6. The van der Waals surface area contributed by atoms with Gasteiger partial charge in [-0.15, -0.1) is 0 Å². The fourth-order valence-electron chi connectivity index (χ4n) is 6.49. The fourth-order valence-corrected chi connectivity index (χ4v) is 6.49. The second kappa shape index (κ2) is 8.72. The van der Waals surface area contributed by atoms with Gasteiger partial charge in [0.15, 0.2) is 0 Å². The molecule has 2 heterocycles. The quantitative estimate of drug-likeness (QED) is 0.223. The highest BCUT2D eigenvalue weighted by Crippen LogP contribution is 2.40. The fraction of sp³-hybridized carbons (Fsp3) is 0.0526. The van der Waals surface area contributed by atoms with Gasteiger partial charge >= 0.3 is 0 Å². The van der Waals surface area contributed by atoms with E-state index in [9.17, 15) is 0 Å². The van der Waals surface area contributed by atoms with Crippen LogP contribution in [0, 0.1) is 13.8 Å². The van der Waals surface area contributed by atoms with Crippen molar-refractivity contribution in [3.05, 3.63) is 145 Å². The number of aryl methyl sites for hydroxylation is 2. The van der Waals surface area contributed by atoms with Gasteiger partial charge in [0.2, 0.25) is 0 Å². The van der Waals surface area contributed by atoms with Gasteiger partial charge in [-0.3, -0.25) is 0 Å². The third-order valence-corrected chi connectivity index (χ3v) is 8.24. The Balaban J connectivity index is 1.46. The van der Waals surface area contributed by atoms with E-state index in [1.165, 1.54) is 77.2 Å². The van der Waals surface area contributed by atoms with Crippen molar-refractivity contribution in [2.24, 2.45) is 0 Å². The van der Waals surface area contributed by atoms with E-state index in [4.69, 9.17) is 0 Å². The summed E-state index contributed by atoms with van der Waals surface area (Å²) in [4.78, 5) is 0. The first kappa shape index (κ1) is 22.9. The maximum atomic E-state index is 2.45. The Labute approximate surface area is 233 Å². The van der Waals surface area contributed by atoms with Crippen LogP contribution in [-0.2, 0) is 0 Å². The van der Waals surface area contributed by atoms with Crippen molar-refractivity contribution in [1.82, 2.24) is 9.13 Å². The third kappa shape index (κ3) is 3.29. The molecule has 0 radical (unpaired) electrons. The molecule has 0 unspecified atom stereocenters. The van der Waals surface area contributed by atoms with Gasteiger partial charge < -0.3 is 9.13 Å².